The van der Waals surface area contributed by atoms with E-state index in [9.17, 15) is 14.4 Å². The summed E-state index contributed by atoms with van der Waals surface area (Å²) >= 11 is 0. The molecule has 1 aliphatic heterocycles. The number of ketones is 1. The first-order chi connectivity index (χ1) is 7.92. The number of methoxy groups -OCH3 is 1. The molecule has 0 aromatic rings. The number of hydrogen-bond acceptors (Lipinski definition) is 4. The van der Waals surface area contributed by atoms with Crippen LogP contribution in [0.15, 0.2) is 0 Å². The van der Waals surface area contributed by atoms with Crippen molar-refractivity contribution >= 4 is 17.7 Å². The van der Waals surface area contributed by atoms with Crippen molar-refractivity contribution in [3.8, 4) is 0 Å². The molecule has 2 atom stereocenters. The molecular weight excluding hydrogens is 222 g/mol. The lowest BCUT2D eigenvalue weighted by Crippen LogP contribution is -2.06. The average Bonchev–Trinajstić information content (AvgIpc) is 2.97. The van der Waals surface area contributed by atoms with E-state index in [1.54, 1.807) is 0 Å². The Bertz CT molecular complexity index is 288. The molecule has 1 saturated heterocycles. The number of hydrogen-bond donors (Lipinski definition) is 1. The maximum atomic E-state index is 10.7. The first-order valence-electron chi connectivity index (χ1n) is 5.80. The van der Waals surface area contributed by atoms with Gasteiger partial charge >= 0.3 is 5.97 Å². The van der Waals surface area contributed by atoms with Gasteiger partial charge in [-0.2, -0.15) is 0 Å². The van der Waals surface area contributed by atoms with Gasteiger partial charge in [0.1, 0.15) is 0 Å². The summed E-state index contributed by atoms with van der Waals surface area (Å²) in [6.45, 7) is 5.58. The first-order valence-corrected chi connectivity index (χ1v) is 5.80. The van der Waals surface area contributed by atoms with Gasteiger partial charge in [0.05, 0.1) is 7.11 Å². The van der Waals surface area contributed by atoms with E-state index in [-0.39, 0.29) is 17.7 Å². The molecule has 1 heterocycles. The van der Waals surface area contributed by atoms with Gasteiger partial charge in [-0.15, -0.1) is 0 Å². The minimum absolute atomic E-state index is 0.0926. The van der Waals surface area contributed by atoms with Gasteiger partial charge in [0.25, 0.3) is 5.91 Å². The van der Waals surface area contributed by atoms with E-state index in [0.717, 1.165) is 12.8 Å². The Labute approximate surface area is 102 Å². The highest BCUT2D eigenvalue weighted by atomic mass is 16.5. The Morgan fingerprint density at radius 2 is 2.00 bits per heavy atom. The molecule has 0 bridgehead atoms. The van der Waals surface area contributed by atoms with Gasteiger partial charge in [-0.3, -0.25) is 14.4 Å². The molecule has 1 aliphatic rings. The summed E-state index contributed by atoms with van der Waals surface area (Å²) in [5.41, 5.74) is 0. The van der Waals surface area contributed by atoms with Crippen LogP contribution in [-0.2, 0) is 19.1 Å². The van der Waals surface area contributed by atoms with Crippen molar-refractivity contribution in [1.82, 2.24) is 5.32 Å². The molecule has 1 amide bonds. The van der Waals surface area contributed by atoms with Crippen molar-refractivity contribution in [3.63, 3.8) is 0 Å². The van der Waals surface area contributed by atoms with Crippen molar-refractivity contribution in [3.05, 3.63) is 0 Å². The highest BCUT2D eigenvalue weighted by Gasteiger charge is 2.37. The normalized spacial score (nSPS) is 18.4. The zero-order valence-electron chi connectivity index (χ0n) is 10.9. The summed E-state index contributed by atoms with van der Waals surface area (Å²) in [6, 6.07) is -0.458. The molecule has 98 valence electrons. The van der Waals surface area contributed by atoms with E-state index in [1.165, 1.54) is 14.0 Å². The predicted octanol–water partition coefficient (Wildman–Crippen LogP) is 1.06. The fourth-order valence-electron chi connectivity index (χ4n) is 1.35. The minimum atomic E-state index is -0.458. The van der Waals surface area contributed by atoms with Crippen LogP contribution in [0.4, 0.5) is 0 Å². The molecule has 0 radical (unpaired) electrons. The number of amides is 1. The Morgan fingerprint density at radius 3 is 2.24 bits per heavy atom. The average molecular weight is 243 g/mol. The van der Waals surface area contributed by atoms with Crippen LogP contribution in [-0.4, -0.2) is 30.8 Å². The predicted molar refractivity (Wildman–Crippen MR) is 63.3 cm³/mol. The molecule has 1 rings (SSSR count). The van der Waals surface area contributed by atoms with Gasteiger partial charge in [-0.05, 0) is 12.8 Å². The largest absolute Gasteiger partial charge is 0.469 e. The Morgan fingerprint density at radius 1 is 1.47 bits per heavy atom. The van der Waals surface area contributed by atoms with Gasteiger partial charge in [-0.1, -0.05) is 26.7 Å². The fourth-order valence-corrected chi connectivity index (χ4v) is 1.35. The molecule has 0 aromatic heterocycles. The number of carbonyl (C=O) groups excluding carboxylic acids is 3. The van der Waals surface area contributed by atoms with Gasteiger partial charge in [0, 0.05) is 6.42 Å². The lowest BCUT2D eigenvalue weighted by molar-refractivity contribution is -0.141. The monoisotopic (exact) mass is 243 g/mol. The van der Waals surface area contributed by atoms with Crippen LogP contribution in [0.2, 0.25) is 0 Å². The molecule has 5 nitrogen and oxygen atoms in total. The summed E-state index contributed by atoms with van der Waals surface area (Å²) in [6.07, 6.45) is 2.80. The third-order valence-electron chi connectivity index (χ3n) is 2.40. The number of esters is 1. The lowest BCUT2D eigenvalue weighted by atomic mass is 10.0. The first kappa shape index (κ1) is 15.6. The zero-order chi connectivity index (χ0) is 13.4. The fraction of sp³-hybridized carbons (Fsp3) is 0.750. The van der Waals surface area contributed by atoms with Crippen molar-refractivity contribution in [2.24, 2.45) is 5.92 Å². The van der Waals surface area contributed by atoms with Crippen LogP contribution in [0.25, 0.3) is 0 Å². The third-order valence-corrected chi connectivity index (χ3v) is 2.40. The van der Waals surface area contributed by atoms with Crippen molar-refractivity contribution in [1.29, 1.82) is 0 Å². The van der Waals surface area contributed by atoms with Gasteiger partial charge in [0.2, 0.25) is 0 Å². The number of rotatable bonds is 5. The van der Waals surface area contributed by atoms with E-state index in [0.29, 0.717) is 12.3 Å². The van der Waals surface area contributed by atoms with Crippen molar-refractivity contribution in [2.45, 2.75) is 46.1 Å². The quantitative estimate of drug-likeness (QED) is 0.444. The maximum Gasteiger partial charge on any atom is 0.305 e. The molecule has 0 spiro atoms. The molecule has 1 unspecified atom stereocenters. The highest BCUT2D eigenvalue weighted by Crippen LogP contribution is 2.09. The molecule has 0 aliphatic carbocycles. The van der Waals surface area contributed by atoms with Gasteiger partial charge in [0.15, 0.2) is 11.8 Å². The summed E-state index contributed by atoms with van der Waals surface area (Å²) in [4.78, 5) is 30.8. The second kappa shape index (κ2) is 7.81. The van der Waals surface area contributed by atoms with E-state index >= 15 is 0 Å². The third kappa shape index (κ3) is 7.49. The number of nitrogens with one attached hydrogen (secondary N) is 1. The molecular formula is C12H21NO4. The van der Waals surface area contributed by atoms with Crippen LogP contribution in [0, 0.1) is 5.92 Å². The van der Waals surface area contributed by atoms with Crippen LogP contribution >= 0.6 is 0 Å². The highest BCUT2D eigenvalue weighted by molar-refractivity contribution is 6.16. The van der Waals surface area contributed by atoms with Crippen LogP contribution < -0.4 is 5.32 Å². The molecule has 0 aromatic carbocycles. The molecule has 5 heteroatoms. The topological polar surface area (TPSA) is 82.4 Å². The Kier molecular flexibility index (Phi) is 7.18. The number of ether oxygens (including phenoxy) is 1. The lowest BCUT2D eigenvalue weighted by Gasteiger charge is -2.06. The van der Waals surface area contributed by atoms with E-state index in [4.69, 9.17) is 0 Å². The van der Waals surface area contributed by atoms with E-state index in [2.05, 4.69) is 23.9 Å². The van der Waals surface area contributed by atoms with Crippen LogP contribution in [0.1, 0.15) is 40.0 Å². The summed E-state index contributed by atoms with van der Waals surface area (Å²) < 4.78 is 4.53. The summed E-state index contributed by atoms with van der Waals surface area (Å²) in [7, 11) is 1.43. The van der Waals surface area contributed by atoms with Crippen LogP contribution in [0.3, 0.4) is 0 Å². The second-order valence-electron chi connectivity index (χ2n) is 4.23. The second-order valence-corrected chi connectivity index (χ2v) is 4.23. The molecule has 1 N–H and O–H groups in total. The molecule has 1 fully saturated rings. The standard InChI is InChI=1S/C8H16O2.C4H5NO2/c1-4-5-7(2)6-8(9)10-3;1-2(6)3-4(7)5-3/h7H,4-6H2,1-3H3;3H,1H3,(H,5,7)/t7-;/m0./s1. The molecule has 0 saturated carbocycles. The van der Waals surface area contributed by atoms with Gasteiger partial charge < -0.3 is 10.1 Å². The Balaban J connectivity index is 0.000000318. The number of Topliss-reactive ketones (excluding diaryl/α,β-unsaturated/α-hetero) is 1. The van der Waals surface area contributed by atoms with Gasteiger partial charge in [-0.25, -0.2) is 0 Å². The van der Waals surface area contributed by atoms with Crippen molar-refractivity contribution < 1.29 is 19.1 Å². The SMILES string of the molecule is CC(=O)C1NC1=O.CCC[C@H](C)CC(=O)OC. The zero-order valence-corrected chi connectivity index (χ0v) is 10.9. The summed E-state index contributed by atoms with van der Waals surface area (Å²) in [5.74, 6) is 0.135. The summed E-state index contributed by atoms with van der Waals surface area (Å²) in [5, 5.41) is 2.34. The van der Waals surface area contributed by atoms with Crippen LogP contribution in [0.5, 0.6) is 0 Å². The smallest absolute Gasteiger partial charge is 0.305 e. The van der Waals surface area contributed by atoms with Crippen molar-refractivity contribution in [2.75, 3.05) is 7.11 Å². The minimum Gasteiger partial charge on any atom is -0.469 e. The Hall–Kier alpha value is -1.39. The maximum absolute atomic E-state index is 10.7. The molecule has 17 heavy (non-hydrogen) atoms. The number of carbonyl (C=O) groups is 3. The van der Waals surface area contributed by atoms with E-state index in [1.807, 2.05) is 0 Å². The van der Waals surface area contributed by atoms with E-state index < -0.39 is 6.04 Å².